The molecule has 1 aliphatic heterocycles. The second-order valence-corrected chi connectivity index (χ2v) is 7.69. The van der Waals surface area contributed by atoms with Crippen LogP contribution in [0.5, 0.6) is 0 Å². The van der Waals surface area contributed by atoms with Gasteiger partial charge in [0.15, 0.2) is 6.61 Å². The van der Waals surface area contributed by atoms with Gasteiger partial charge < -0.3 is 9.15 Å². The Kier molecular flexibility index (Phi) is 6.03. The minimum absolute atomic E-state index is 0.208. The molecule has 168 valence electrons. The molecule has 1 atom stereocenters. The van der Waals surface area contributed by atoms with E-state index in [2.05, 4.69) is 5.10 Å². The van der Waals surface area contributed by atoms with Crippen LogP contribution in [-0.4, -0.2) is 34.1 Å². The van der Waals surface area contributed by atoms with Crippen molar-refractivity contribution in [3.63, 3.8) is 0 Å². The maximum atomic E-state index is 13.0. The number of para-hydroxylation sites is 1. The van der Waals surface area contributed by atoms with Crippen molar-refractivity contribution < 1.29 is 23.7 Å². The number of nitro groups is 1. The average Bonchev–Trinajstić information content (AvgIpc) is 3.47. The number of aryl methyl sites for hydroxylation is 2. The first kappa shape index (κ1) is 21.9. The van der Waals surface area contributed by atoms with Crippen molar-refractivity contribution in [2.24, 2.45) is 5.10 Å². The summed E-state index contributed by atoms with van der Waals surface area (Å²) in [6.45, 7) is 2.89. The standard InChI is InChI=1S/C24H21N3O6/c1-15-8-10-17(11-9-15)19-13-20(21-7-4-12-32-21)26(25-19)22(28)14-33-24(29)18-6-3-5-16(2)23(18)27(30)31/h3-12,20H,13-14H2,1-2H3. The van der Waals surface area contributed by atoms with Gasteiger partial charge in [-0.05, 0) is 37.6 Å². The summed E-state index contributed by atoms with van der Waals surface area (Å²) in [6.07, 6.45) is 1.94. The summed E-state index contributed by atoms with van der Waals surface area (Å²) in [5.74, 6) is -0.965. The molecule has 33 heavy (non-hydrogen) atoms. The lowest BCUT2D eigenvalue weighted by atomic mass is 10.0. The molecule has 1 aromatic heterocycles. The zero-order valence-corrected chi connectivity index (χ0v) is 18.1. The third-order valence-electron chi connectivity index (χ3n) is 5.39. The average molecular weight is 447 g/mol. The number of hydrogen-bond acceptors (Lipinski definition) is 7. The molecule has 9 nitrogen and oxygen atoms in total. The van der Waals surface area contributed by atoms with Gasteiger partial charge in [-0.1, -0.05) is 42.0 Å². The van der Waals surface area contributed by atoms with Gasteiger partial charge in [-0.3, -0.25) is 14.9 Å². The Balaban J connectivity index is 1.54. The predicted molar refractivity (Wildman–Crippen MR) is 119 cm³/mol. The van der Waals surface area contributed by atoms with Crippen LogP contribution in [0.4, 0.5) is 5.69 Å². The number of ether oxygens (including phenoxy) is 1. The number of nitrogens with zero attached hydrogens (tertiary/aromatic N) is 3. The van der Waals surface area contributed by atoms with Crippen LogP contribution >= 0.6 is 0 Å². The van der Waals surface area contributed by atoms with E-state index >= 15 is 0 Å². The number of carbonyl (C=O) groups excluding carboxylic acids is 2. The molecule has 0 saturated heterocycles. The number of hydrogen-bond donors (Lipinski definition) is 0. The summed E-state index contributed by atoms with van der Waals surface area (Å²) in [4.78, 5) is 36.2. The van der Waals surface area contributed by atoms with Crippen LogP contribution in [0.15, 0.2) is 70.4 Å². The van der Waals surface area contributed by atoms with Gasteiger partial charge in [0.1, 0.15) is 17.4 Å². The van der Waals surface area contributed by atoms with E-state index in [1.807, 2.05) is 31.2 Å². The Morgan fingerprint density at radius 3 is 2.58 bits per heavy atom. The van der Waals surface area contributed by atoms with E-state index in [4.69, 9.17) is 9.15 Å². The highest BCUT2D eigenvalue weighted by atomic mass is 16.6. The van der Waals surface area contributed by atoms with Gasteiger partial charge in [-0.25, -0.2) is 9.80 Å². The smallest absolute Gasteiger partial charge is 0.345 e. The van der Waals surface area contributed by atoms with Crippen molar-refractivity contribution in [3.05, 3.63) is 99.0 Å². The summed E-state index contributed by atoms with van der Waals surface area (Å²) in [6, 6.07) is 15.1. The molecular weight excluding hydrogens is 426 g/mol. The number of furan rings is 1. The van der Waals surface area contributed by atoms with E-state index in [0.29, 0.717) is 23.5 Å². The van der Waals surface area contributed by atoms with Crippen LogP contribution in [0, 0.1) is 24.0 Å². The fourth-order valence-electron chi connectivity index (χ4n) is 3.70. The van der Waals surface area contributed by atoms with Crippen molar-refractivity contribution in [1.82, 2.24) is 5.01 Å². The first-order valence-electron chi connectivity index (χ1n) is 10.3. The van der Waals surface area contributed by atoms with Crippen LogP contribution in [0.1, 0.15) is 45.3 Å². The van der Waals surface area contributed by atoms with Crippen LogP contribution in [0.3, 0.4) is 0 Å². The zero-order valence-electron chi connectivity index (χ0n) is 18.1. The largest absolute Gasteiger partial charge is 0.467 e. The Bertz CT molecular complexity index is 1230. The molecule has 2 aromatic carbocycles. The fourth-order valence-corrected chi connectivity index (χ4v) is 3.70. The van der Waals surface area contributed by atoms with Crippen molar-refractivity contribution in [2.45, 2.75) is 26.3 Å². The molecule has 0 fully saturated rings. The minimum Gasteiger partial charge on any atom is -0.467 e. The van der Waals surface area contributed by atoms with E-state index in [9.17, 15) is 19.7 Å². The lowest BCUT2D eigenvalue weighted by molar-refractivity contribution is -0.385. The zero-order chi connectivity index (χ0) is 23.5. The molecule has 1 amide bonds. The lowest BCUT2D eigenvalue weighted by Gasteiger charge is -2.19. The van der Waals surface area contributed by atoms with Crippen LogP contribution in [-0.2, 0) is 9.53 Å². The molecule has 0 spiro atoms. The third kappa shape index (κ3) is 4.52. The summed E-state index contributed by atoms with van der Waals surface area (Å²) >= 11 is 0. The molecule has 2 heterocycles. The van der Waals surface area contributed by atoms with Crippen molar-refractivity contribution in [1.29, 1.82) is 0 Å². The van der Waals surface area contributed by atoms with Crippen LogP contribution in [0.2, 0.25) is 0 Å². The van der Waals surface area contributed by atoms with Crippen molar-refractivity contribution >= 4 is 23.3 Å². The summed E-state index contributed by atoms with van der Waals surface area (Å²) in [5.41, 5.74) is 2.45. The summed E-state index contributed by atoms with van der Waals surface area (Å²) in [5, 5.41) is 17.1. The van der Waals surface area contributed by atoms with E-state index in [-0.39, 0.29) is 11.3 Å². The normalized spacial score (nSPS) is 15.3. The molecule has 1 aliphatic rings. The first-order valence-corrected chi connectivity index (χ1v) is 10.3. The Morgan fingerprint density at radius 2 is 1.91 bits per heavy atom. The number of rotatable bonds is 6. The highest BCUT2D eigenvalue weighted by Gasteiger charge is 2.35. The highest BCUT2D eigenvalue weighted by molar-refractivity contribution is 6.03. The van der Waals surface area contributed by atoms with Gasteiger partial charge in [0.25, 0.3) is 11.6 Å². The fraction of sp³-hybridized carbons (Fsp3) is 0.208. The monoisotopic (exact) mass is 447 g/mol. The molecule has 0 radical (unpaired) electrons. The molecule has 1 unspecified atom stereocenters. The minimum atomic E-state index is -0.949. The van der Waals surface area contributed by atoms with Gasteiger partial charge in [-0.15, -0.1) is 0 Å². The maximum absolute atomic E-state index is 13.0. The maximum Gasteiger partial charge on any atom is 0.345 e. The molecule has 3 aromatic rings. The molecule has 0 aliphatic carbocycles. The second-order valence-electron chi connectivity index (χ2n) is 7.69. The Hall–Kier alpha value is -4.27. The van der Waals surface area contributed by atoms with Crippen LogP contribution < -0.4 is 0 Å². The third-order valence-corrected chi connectivity index (χ3v) is 5.39. The first-order chi connectivity index (χ1) is 15.8. The van der Waals surface area contributed by atoms with Gasteiger partial charge in [0.2, 0.25) is 0 Å². The molecule has 9 heteroatoms. The number of amides is 1. The van der Waals surface area contributed by atoms with E-state index in [1.54, 1.807) is 12.1 Å². The summed E-state index contributed by atoms with van der Waals surface area (Å²) < 4.78 is 10.6. The van der Waals surface area contributed by atoms with Gasteiger partial charge in [0.05, 0.1) is 16.9 Å². The Labute approximate surface area is 189 Å². The number of carbonyl (C=O) groups is 2. The molecule has 4 rings (SSSR count). The van der Waals surface area contributed by atoms with E-state index in [0.717, 1.165) is 11.1 Å². The number of hydrazone groups is 1. The van der Waals surface area contributed by atoms with E-state index in [1.165, 1.54) is 36.4 Å². The lowest BCUT2D eigenvalue weighted by Crippen LogP contribution is -2.31. The molecular formula is C24H21N3O6. The van der Waals surface area contributed by atoms with E-state index < -0.39 is 29.4 Å². The highest BCUT2D eigenvalue weighted by Crippen LogP contribution is 2.33. The van der Waals surface area contributed by atoms with Crippen molar-refractivity contribution in [2.75, 3.05) is 6.61 Å². The van der Waals surface area contributed by atoms with Gasteiger partial charge in [-0.2, -0.15) is 5.10 Å². The topological polar surface area (TPSA) is 115 Å². The number of benzene rings is 2. The Morgan fingerprint density at radius 1 is 1.15 bits per heavy atom. The predicted octanol–water partition coefficient (Wildman–Crippen LogP) is 4.34. The number of nitro benzene ring substituents is 1. The SMILES string of the molecule is Cc1ccc(C2=NN(C(=O)COC(=O)c3cccc(C)c3[N+](=O)[O-])C(c3ccco3)C2)cc1. The van der Waals surface area contributed by atoms with Gasteiger partial charge >= 0.3 is 5.97 Å². The van der Waals surface area contributed by atoms with Crippen LogP contribution in [0.25, 0.3) is 0 Å². The summed E-state index contributed by atoms with van der Waals surface area (Å²) in [7, 11) is 0. The molecule has 0 N–H and O–H groups in total. The quantitative estimate of drug-likeness (QED) is 0.315. The molecule has 0 bridgehead atoms. The second kappa shape index (κ2) is 9.07. The van der Waals surface area contributed by atoms with Gasteiger partial charge in [0, 0.05) is 12.0 Å². The molecule has 0 saturated carbocycles. The number of esters is 1. The van der Waals surface area contributed by atoms with Crippen molar-refractivity contribution in [3.8, 4) is 0 Å².